The maximum Gasteiger partial charge on any atom is 0.217 e. The fourth-order valence-electron chi connectivity index (χ4n) is 3.69. The van der Waals surface area contributed by atoms with Crippen molar-refractivity contribution in [3.63, 3.8) is 0 Å². The van der Waals surface area contributed by atoms with Crippen molar-refractivity contribution in [1.29, 1.82) is 0 Å². The fourth-order valence-corrected chi connectivity index (χ4v) is 3.69. The van der Waals surface area contributed by atoms with Crippen molar-refractivity contribution in [2.24, 2.45) is 0 Å². The Labute approximate surface area is 147 Å². The smallest absolute Gasteiger partial charge is 0.217 e. The number of ether oxygens (including phenoxy) is 2. The summed E-state index contributed by atoms with van der Waals surface area (Å²) >= 11 is 0. The topological polar surface area (TPSA) is 59.2 Å². The summed E-state index contributed by atoms with van der Waals surface area (Å²) in [7, 11) is 3.38. The van der Waals surface area contributed by atoms with Crippen molar-refractivity contribution < 1.29 is 9.47 Å². The molecular formula is C20H23N3O2. The van der Waals surface area contributed by atoms with Crippen LogP contribution in [0.2, 0.25) is 0 Å². The van der Waals surface area contributed by atoms with Crippen molar-refractivity contribution in [1.82, 2.24) is 15.3 Å². The van der Waals surface area contributed by atoms with Gasteiger partial charge in [-0.25, -0.2) is 4.98 Å². The summed E-state index contributed by atoms with van der Waals surface area (Å²) in [4.78, 5) is 7.83. The summed E-state index contributed by atoms with van der Waals surface area (Å²) in [5.74, 6) is 1.60. The van der Waals surface area contributed by atoms with Crippen molar-refractivity contribution in [2.75, 3.05) is 14.2 Å². The van der Waals surface area contributed by atoms with Crippen LogP contribution in [0.1, 0.15) is 23.2 Å². The molecule has 1 aliphatic rings. The second-order valence-electron chi connectivity index (χ2n) is 6.49. The van der Waals surface area contributed by atoms with E-state index in [0.717, 1.165) is 37.1 Å². The summed E-state index contributed by atoms with van der Waals surface area (Å²) in [5, 5.41) is 4.95. The molecule has 3 aromatic rings. The predicted molar refractivity (Wildman–Crippen MR) is 98.3 cm³/mol. The third kappa shape index (κ3) is 3.07. The Morgan fingerprint density at radius 1 is 1.24 bits per heavy atom. The molecule has 5 heteroatoms. The highest BCUT2D eigenvalue weighted by molar-refractivity contribution is 5.86. The number of hydrogen-bond donors (Lipinski definition) is 2. The Kier molecular flexibility index (Phi) is 4.32. The minimum absolute atomic E-state index is 0.447. The highest BCUT2D eigenvalue weighted by atomic mass is 16.5. The molecule has 2 N–H and O–H groups in total. The molecule has 2 aromatic heterocycles. The highest BCUT2D eigenvalue weighted by Crippen LogP contribution is 2.31. The van der Waals surface area contributed by atoms with E-state index in [1.165, 1.54) is 22.2 Å². The number of aromatic nitrogens is 2. The van der Waals surface area contributed by atoms with Gasteiger partial charge in [0.05, 0.1) is 14.2 Å². The molecule has 0 saturated heterocycles. The van der Waals surface area contributed by atoms with Gasteiger partial charge in [-0.05, 0) is 49.1 Å². The van der Waals surface area contributed by atoms with Crippen LogP contribution in [0.25, 0.3) is 10.9 Å². The summed E-state index contributed by atoms with van der Waals surface area (Å²) in [6.45, 7) is 0.767. The third-order valence-corrected chi connectivity index (χ3v) is 5.02. The Morgan fingerprint density at radius 2 is 2.16 bits per heavy atom. The average Bonchev–Trinajstić information content (AvgIpc) is 3.03. The normalized spacial score (nSPS) is 16.6. The fraction of sp³-hybridized carbons (Fsp3) is 0.350. The van der Waals surface area contributed by atoms with Crippen LogP contribution in [-0.2, 0) is 19.4 Å². The van der Waals surface area contributed by atoms with E-state index >= 15 is 0 Å². The lowest BCUT2D eigenvalue weighted by Crippen LogP contribution is -2.34. The lowest BCUT2D eigenvalue weighted by atomic mass is 9.91. The van der Waals surface area contributed by atoms with Gasteiger partial charge < -0.3 is 19.8 Å². The molecule has 0 unspecified atom stereocenters. The molecule has 0 spiro atoms. The van der Waals surface area contributed by atoms with E-state index in [-0.39, 0.29) is 0 Å². The number of nitrogens with zero attached hydrogens (tertiary/aromatic N) is 1. The summed E-state index contributed by atoms with van der Waals surface area (Å²) < 4.78 is 10.7. The number of hydrogen-bond acceptors (Lipinski definition) is 4. The number of aromatic amines is 1. The van der Waals surface area contributed by atoms with Gasteiger partial charge >= 0.3 is 0 Å². The summed E-state index contributed by atoms with van der Waals surface area (Å²) in [6, 6.07) is 10.7. The van der Waals surface area contributed by atoms with Crippen molar-refractivity contribution >= 4 is 10.9 Å². The zero-order valence-corrected chi connectivity index (χ0v) is 14.6. The van der Waals surface area contributed by atoms with Crippen LogP contribution in [-0.4, -0.2) is 30.2 Å². The first kappa shape index (κ1) is 16.0. The van der Waals surface area contributed by atoms with Gasteiger partial charge in [-0.1, -0.05) is 6.07 Å². The van der Waals surface area contributed by atoms with Crippen LogP contribution in [0.3, 0.4) is 0 Å². The van der Waals surface area contributed by atoms with E-state index in [1.54, 1.807) is 20.4 Å². The van der Waals surface area contributed by atoms with E-state index in [9.17, 15) is 0 Å². The van der Waals surface area contributed by atoms with Crippen molar-refractivity contribution in [3.05, 3.63) is 53.3 Å². The molecule has 130 valence electrons. The number of H-pyrrole nitrogens is 1. The molecule has 2 heterocycles. The number of methoxy groups -OCH3 is 2. The van der Waals surface area contributed by atoms with E-state index < -0.39 is 0 Å². The van der Waals surface area contributed by atoms with Gasteiger partial charge in [0.15, 0.2) is 0 Å². The molecule has 25 heavy (non-hydrogen) atoms. The Balaban J connectivity index is 1.52. The maximum atomic E-state index is 5.39. The summed E-state index contributed by atoms with van der Waals surface area (Å²) in [5.41, 5.74) is 5.06. The zero-order valence-electron chi connectivity index (χ0n) is 14.6. The lowest BCUT2D eigenvalue weighted by Gasteiger charge is -2.24. The quantitative estimate of drug-likeness (QED) is 0.750. The molecule has 0 aliphatic heterocycles. The first-order chi connectivity index (χ1) is 12.3. The van der Waals surface area contributed by atoms with E-state index in [4.69, 9.17) is 9.47 Å². The average molecular weight is 337 g/mol. The molecule has 1 aromatic carbocycles. The van der Waals surface area contributed by atoms with Gasteiger partial charge in [0, 0.05) is 40.9 Å². The molecule has 1 aliphatic carbocycles. The molecule has 1 atom stereocenters. The predicted octanol–water partition coefficient (Wildman–Crippen LogP) is 3.23. The van der Waals surface area contributed by atoms with Gasteiger partial charge in [0.25, 0.3) is 0 Å². The molecule has 0 fully saturated rings. The monoisotopic (exact) mass is 337 g/mol. The number of nitrogens with one attached hydrogen (secondary N) is 2. The molecule has 0 radical (unpaired) electrons. The van der Waals surface area contributed by atoms with E-state index in [0.29, 0.717) is 11.9 Å². The van der Waals surface area contributed by atoms with E-state index in [2.05, 4.69) is 33.5 Å². The van der Waals surface area contributed by atoms with Gasteiger partial charge in [-0.3, -0.25) is 0 Å². The Morgan fingerprint density at radius 3 is 3.00 bits per heavy atom. The third-order valence-electron chi connectivity index (χ3n) is 5.02. The molecule has 5 nitrogen and oxygen atoms in total. The van der Waals surface area contributed by atoms with Gasteiger partial charge in [-0.2, -0.15) is 0 Å². The van der Waals surface area contributed by atoms with Crippen LogP contribution in [0, 0.1) is 0 Å². The van der Waals surface area contributed by atoms with Crippen molar-refractivity contribution in [2.45, 2.75) is 31.8 Å². The minimum Gasteiger partial charge on any atom is -0.497 e. The van der Waals surface area contributed by atoms with Gasteiger partial charge in [0.1, 0.15) is 5.75 Å². The van der Waals surface area contributed by atoms with Crippen LogP contribution >= 0.6 is 0 Å². The van der Waals surface area contributed by atoms with Crippen LogP contribution in [0.15, 0.2) is 36.5 Å². The molecule has 0 saturated carbocycles. The second-order valence-corrected chi connectivity index (χ2v) is 6.49. The van der Waals surface area contributed by atoms with E-state index in [1.807, 2.05) is 12.1 Å². The number of fused-ring (bicyclic) bond motifs is 3. The number of rotatable bonds is 5. The first-order valence-electron chi connectivity index (χ1n) is 8.67. The number of benzene rings is 1. The van der Waals surface area contributed by atoms with Crippen LogP contribution in [0.5, 0.6) is 11.6 Å². The maximum absolute atomic E-state index is 5.39. The number of pyridine rings is 1. The van der Waals surface area contributed by atoms with Gasteiger partial charge in [0.2, 0.25) is 5.88 Å². The Bertz CT molecular complexity index is 888. The zero-order chi connectivity index (χ0) is 17.2. The molecular weight excluding hydrogens is 314 g/mol. The lowest BCUT2D eigenvalue weighted by molar-refractivity contribution is 0.385. The number of aryl methyl sites for hydroxylation is 1. The summed E-state index contributed by atoms with van der Waals surface area (Å²) in [6.07, 6.45) is 4.97. The standard InChI is InChI=1S/C20H23N3O2/c1-24-15-6-8-19-17(11-15)16-10-14(5-7-18(16)23-19)22-12-13-4-3-9-21-20(13)25-2/h3-4,6,8-9,11,14,22-23H,5,7,10,12H2,1-2H3/t14-/m0/s1. The van der Waals surface area contributed by atoms with Crippen LogP contribution < -0.4 is 14.8 Å². The largest absolute Gasteiger partial charge is 0.497 e. The van der Waals surface area contributed by atoms with Crippen LogP contribution in [0.4, 0.5) is 0 Å². The minimum atomic E-state index is 0.447. The highest BCUT2D eigenvalue weighted by Gasteiger charge is 2.22. The molecule has 4 rings (SSSR count). The second kappa shape index (κ2) is 6.76. The van der Waals surface area contributed by atoms with Crippen molar-refractivity contribution in [3.8, 4) is 11.6 Å². The molecule has 0 amide bonds. The SMILES string of the molecule is COc1ccc2[nH]c3c(c2c1)C[C@@H](NCc1cccnc1OC)CC3. The molecule has 0 bridgehead atoms. The van der Waals surface area contributed by atoms with Gasteiger partial charge in [-0.15, -0.1) is 0 Å². The first-order valence-corrected chi connectivity index (χ1v) is 8.67. The Hall–Kier alpha value is -2.53.